The first-order valence-corrected chi connectivity index (χ1v) is 11.0. The van der Waals surface area contributed by atoms with Crippen molar-refractivity contribution >= 4 is 23.0 Å². The van der Waals surface area contributed by atoms with Crippen molar-refractivity contribution in [3.63, 3.8) is 0 Å². The Balaban J connectivity index is 1.50. The topological polar surface area (TPSA) is 84.9 Å². The first kappa shape index (κ1) is 21.7. The summed E-state index contributed by atoms with van der Waals surface area (Å²) in [7, 11) is 3.15. The number of carbonyl (C=O) groups excluding carboxylic acids is 1. The van der Waals surface area contributed by atoms with Gasteiger partial charge in [0.1, 0.15) is 0 Å². The van der Waals surface area contributed by atoms with Crippen molar-refractivity contribution in [3.05, 3.63) is 52.7 Å². The number of nitrogens with zero attached hydrogens (tertiary/aromatic N) is 1. The Labute approximate surface area is 187 Å². The minimum atomic E-state index is -0.254. The monoisotopic (exact) mass is 435 g/mol. The van der Waals surface area contributed by atoms with Gasteiger partial charge in [-0.3, -0.25) is 4.79 Å². The Morgan fingerprint density at radius 1 is 1.12 bits per heavy atom. The fraction of sp³-hybridized carbons (Fsp3) is 0.360. The van der Waals surface area contributed by atoms with Gasteiger partial charge in [-0.05, 0) is 68.0 Å². The number of fused-ring (bicyclic) bond motifs is 3. The van der Waals surface area contributed by atoms with Crippen LogP contribution in [0.3, 0.4) is 0 Å². The molecule has 7 nitrogen and oxygen atoms in total. The third kappa shape index (κ3) is 4.42. The van der Waals surface area contributed by atoms with E-state index in [1.54, 1.807) is 32.6 Å². The summed E-state index contributed by atoms with van der Waals surface area (Å²) in [5.74, 6) is 1.40. The van der Waals surface area contributed by atoms with Crippen LogP contribution < -0.4 is 19.6 Å². The van der Waals surface area contributed by atoms with Crippen LogP contribution in [0, 0.1) is 0 Å². The lowest BCUT2D eigenvalue weighted by Crippen LogP contribution is -2.17. The summed E-state index contributed by atoms with van der Waals surface area (Å²) in [5, 5.41) is 5.26. The number of hydrogen-bond donors (Lipinski definition) is 2. The minimum absolute atomic E-state index is 0.254. The molecule has 7 heteroatoms. The second-order valence-electron chi connectivity index (χ2n) is 7.85. The minimum Gasteiger partial charge on any atom is -0.493 e. The lowest BCUT2D eigenvalue weighted by Gasteiger charge is -2.14. The van der Waals surface area contributed by atoms with Crippen molar-refractivity contribution in [2.45, 2.75) is 39.0 Å². The third-order valence-electron chi connectivity index (χ3n) is 5.67. The molecule has 1 amide bonds. The Hall–Kier alpha value is -3.48. The zero-order valence-corrected chi connectivity index (χ0v) is 18.8. The van der Waals surface area contributed by atoms with Gasteiger partial charge in [0.25, 0.3) is 5.91 Å². The molecule has 2 N–H and O–H groups in total. The number of nitrogens with one attached hydrogen (secondary N) is 2. The van der Waals surface area contributed by atoms with Crippen LogP contribution in [-0.2, 0) is 12.8 Å². The van der Waals surface area contributed by atoms with E-state index >= 15 is 0 Å². The summed E-state index contributed by atoms with van der Waals surface area (Å²) >= 11 is 0. The fourth-order valence-corrected chi connectivity index (χ4v) is 4.10. The fourth-order valence-electron chi connectivity index (χ4n) is 4.10. The van der Waals surface area contributed by atoms with Gasteiger partial charge in [-0.2, -0.15) is 5.10 Å². The number of ether oxygens (including phenoxy) is 3. The largest absolute Gasteiger partial charge is 0.493 e. The predicted molar refractivity (Wildman–Crippen MR) is 125 cm³/mol. The van der Waals surface area contributed by atoms with Gasteiger partial charge in [-0.15, -0.1) is 0 Å². The van der Waals surface area contributed by atoms with Gasteiger partial charge < -0.3 is 19.2 Å². The van der Waals surface area contributed by atoms with Gasteiger partial charge in [-0.25, -0.2) is 5.43 Å². The highest BCUT2D eigenvalue weighted by Gasteiger charge is 2.17. The molecule has 0 saturated carbocycles. The van der Waals surface area contributed by atoms with Crippen molar-refractivity contribution in [1.29, 1.82) is 0 Å². The van der Waals surface area contributed by atoms with Crippen molar-refractivity contribution in [2.24, 2.45) is 5.10 Å². The number of aromatic nitrogens is 1. The summed E-state index contributed by atoms with van der Waals surface area (Å²) in [5.41, 5.74) is 7.65. The molecule has 1 aromatic heterocycles. The van der Waals surface area contributed by atoms with Gasteiger partial charge in [0, 0.05) is 27.7 Å². The van der Waals surface area contributed by atoms with E-state index in [9.17, 15) is 4.79 Å². The number of rotatable bonds is 8. The highest BCUT2D eigenvalue weighted by Crippen LogP contribution is 2.38. The number of methoxy groups -OCH3 is 2. The van der Waals surface area contributed by atoms with E-state index in [2.05, 4.69) is 15.5 Å². The van der Waals surface area contributed by atoms with Crippen molar-refractivity contribution in [2.75, 3.05) is 20.8 Å². The van der Waals surface area contributed by atoms with E-state index in [-0.39, 0.29) is 5.91 Å². The zero-order chi connectivity index (χ0) is 22.5. The number of benzene rings is 2. The van der Waals surface area contributed by atoms with Crippen LogP contribution in [0.4, 0.5) is 0 Å². The quantitative estimate of drug-likeness (QED) is 0.399. The van der Waals surface area contributed by atoms with Gasteiger partial charge in [0.05, 0.1) is 27.0 Å². The number of hydrogen-bond acceptors (Lipinski definition) is 5. The first-order valence-electron chi connectivity index (χ1n) is 11.0. The lowest BCUT2D eigenvalue weighted by atomic mass is 9.95. The van der Waals surface area contributed by atoms with E-state index in [4.69, 9.17) is 14.2 Å². The molecule has 0 bridgehead atoms. The second-order valence-corrected chi connectivity index (χ2v) is 7.85. The van der Waals surface area contributed by atoms with Gasteiger partial charge in [0.15, 0.2) is 11.5 Å². The van der Waals surface area contributed by atoms with Gasteiger partial charge in [-0.1, -0.05) is 6.92 Å². The summed E-state index contributed by atoms with van der Waals surface area (Å²) in [6.45, 7) is 2.59. The molecule has 0 aliphatic heterocycles. The van der Waals surface area contributed by atoms with Crippen LogP contribution >= 0.6 is 0 Å². The molecular weight excluding hydrogens is 406 g/mol. The van der Waals surface area contributed by atoms with Crippen LogP contribution in [0.25, 0.3) is 10.9 Å². The maximum absolute atomic E-state index is 12.7. The molecule has 1 aliphatic carbocycles. The maximum Gasteiger partial charge on any atom is 0.271 e. The SMILES string of the molecule is CCCOc1c(OC)cc(/C=N\NC(=O)c2ccc3[nH]c4c(c3c2)CCCC4)cc1OC. The van der Waals surface area contributed by atoms with E-state index in [1.165, 1.54) is 24.1 Å². The molecular formula is C25H29N3O4. The molecule has 0 atom stereocenters. The molecule has 0 unspecified atom stereocenters. The Kier molecular flexibility index (Phi) is 6.63. The molecule has 0 saturated heterocycles. The van der Waals surface area contributed by atoms with E-state index in [1.807, 2.05) is 25.1 Å². The molecule has 0 radical (unpaired) electrons. The number of H-pyrrole nitrogens is 1. The van der Waals surface area contributed by atoms with Crippen LogP contribution in [0.1, 0.15) is 53.4 Å². The normalized spacial score (nSPS) is 13.2. The first-order chi connectivity index (χ1) is 15.6. The van der Waals surface area contributed by atoms with Crippen LogP contribution in [0.5, 0.6) is 17.2 Å². The Morgan fingerprint density at radius 2 is 1.88 bits per heavy atom. The number of amides is 1. The average molecular weight is 436 g/mol. The molecule has 1 aliphatic rings. The number of carbonyl (C=O) groups is 1. The molecule has 0 fully saturated rings. The van der Waals surface area contributed by atoms with Crippen molar-refractivity contribution in [3.8, 4) is 17.2 Å². The number of aryl methyl sites for hydroxylation is 2. The molecule has 32 heavy (non-hydrogen) atoms. The van der Waals surface area contributed by atoms with Gasteiger partial charge >= 0.3 is 0 Å². The van der Waals surface area contributed by atoms with Crippen molar-refractivity contribution in [1.82, 2.24) is 10.4 Å². The maximum atomic E-state index is 12.7. The summed E-state index contributed by atoms with van der Waals surface area (Å²) in [6.07, 6.45) is 6.96. The molecule has 168 valence electrons. The second kappa shape index (κ2) is 9.77. The highest BCUT2D eigenvalue weighted by atomic mass is 16.5. The lowest BCUT2D eigenvalue weighted by molar-refractivity contribution is 0.0955. The summed E-state index contributed by atoms with van der Waals surface area (Å²) in [4.78, 5) is 16.2. The van der Waals surface area contributed by atoms with E-state index in [0.29, 0.717) is 29.4 Å². The Bertz CT molecular complexity index is 1120. The van der Waals surface area contributed by atoms with Crippen molar-refractivity contribution < 1.29 is 19.0 Å². The predicted octanol–water partition coefficient (Wildman–Crippen LogP) is 4.62. The summed E-state index contributed by atoms with van der Waals surface area (Å²) < 4.78 is 16.6. The Morgan fingerprint density at radius 3 is 2.59 bits per heavy atom. The van der Waals surface area contributed by atoms with E-state index < -0.39 is 0 Å². The van der Waals surface area contributed by atoms with E-state index in [0.717, 1.165) is 35.7 Å². The third-order valence-corrected chi connectivity index (χ3v) is 5.67. The zero-order valence-electron chi connectivity index (χ0n) is 18.8. The van der Waals surface area contributed by atoms with Crippen LogP contribution in [-0.4, -0.2) is 37.9 Å². The molecule has 2 aromatic carbocycles. The number of hydrazone groups is 1. The highest BCUT2D eigenvalue weighted by molar-refractivity contribution is 5.99. The number of aromatic amines is 1. The molecule has 0 spiro atoms. The molecule has 3 aromatic rings. The molecule has 1 heterocycles. The molecule has 4 rings (SSSR count). The average Bonchev–Trinajstić information content (AvgIpc) is 3.20. The standard InChI is InChI=1S/C25H29N3O4/c1-4-11-32-24-22(30-2)12-16(13-23(24)31-3)15-26-28-25(29)17-9-10-21-19(14-17)18-7-5-6-8-20(18)27-21/h9-10,12-15,27H,4-8,11H2,1-3H3,(H,28,29)/b26-15-. The smallest absolute Gasteiger partial charge is 0.271 e. The van der Waals surface area contributed by atoms with Crippen LogP contribution in [0.15, 0.2) is 35.4 Å². The summed E-state index contributed by atoms with van der Waals surface area (Å²) in [6, 6.07) is 9.33. The van der Waals surface area contributed by atoms with Crippen LogP contribution in [0.2, 0.25) is 0 Å². The van der Waals surface area contributed by atoms with Gasteiger partial charge in [0.2, 0.25) is 5.75 Å².